The van der Waals surface area contributed by atoms with E-state index in [1.807, 2.05) is 41.2 Å². The number of anilines is 1. The third kappa shape index (κ3) is 2.37. The van der Waals surface area contributed by atoms with Crippen molar-refractivity contribution in [2.75, 3.05) is 18.5 Å². The lowest BCUT2D eigenvalue weighted by Crippen LogP contribution is -2.12. The summed E-state index contributed by atoms with van der Waals surface area (Å²) in [6.07, 6.45) is 4.47. The molecule has 6 heteroatoms. The van der Waals surface area contributed by atoms with Crippen molar-refractivity contribution in [3.05, 3.63) is 48.4 Å². The number of carbonyl (C=O) groups is 1. The minimum Gasteiger partial charge on any atom is -0.379 e. The molecule has 2 N–H and O–H groups in total. The lowest BCUT2D eigenvalue weighted by molar-refractivity contribution is 0.102. The molecule has 6 nitrogen and oxygen atoms in total. The quantitative estimate of drug-likeness (QED) is 0.780. The third-order valence-corrected chi connectivity index (χ3v) is 3.91. The number of ether oxygens (including phenoxy) is 1. The number of hydrogen-bond donors (Lipinski definition) is 2. The molecule has 1 aliphatic heterocycles. The van der Waals surface area contributed by atoms with Crippen molar-refractivity contribution in [1.29, 1.82) is 0 Å². The summed E-state index contributed by atoms with van der Waals surface area (Å²) in [4.78, 5) is 15.4. The number of amides is 1. The molecule has 1 aromatic carbocycles. The van der Waals surface area contributed by atoms with Gasteiger partial charge in [-0.2, -0.15) is 5.10 Å². The standard InChI is InChI=1S/C16H16N4O2/c21-16(15-7-11-3-1-2-4-14(11)19-15)18-12-8-17-20(9-12)13-5-6-22-10-13/h1-4,7-9,13,19H,5-6,10H2,(H,18,21)/t13-/m0/s1. The number of benzene rings is 1. The number of nitrogens with zero attached hydrogens (tertiary/aromatic N) is 2. The molecule has 2 aromatic heterocycles. The van der Waals surface area contributed by atoms with Crippen LogP contribution in [0.2, 0.25) is 0 Å². The van der Waals surface area contributed by atoms with Crippen LogP contribution in [0.1, 0.15) is 23.0 Å². The van der Waals surface area contributed by atoms with E-state index >= 15 is 0 Å². The molecular weight excluding hydrogens is 280 g/mol. The summed E-state index contributed by atoms with van der Waals surface area (Å²) >= 11 is 0. The first-order valence-corrected chi connectivity index (χ1v) is 7.30. The lowest BCUT2D eigenvalue weighted by Gasteiger charge is -2.06. The molecule has 112 valence electrons. The van der Waals surface area contributed by atoms with Gasteiger partial charge in [-0.15, -0.1) is 0 Å². The summed E-state index contributed by atoms with van der Waals surface area (Å²) in [6, 6.07) is 9.92. The summed E-state index contributed by atoms with van der Waals surface area (Å²) in [5, 5.41) is 8.19. The first kappa shape index (κ1) is 13.1. The highest BCUT2D eigenvalue weighted by atomic mass is 16.5. The Morgan fingerprint density at radius 2 is 2.32 bits per heavy atom. The second kappa shape index (κ2) is 5.31. The highest BCUT2D eigenvalue weighted by Crippen LogP contribution is 2.20. The van der Waals surface area contributed by atoms with Crippen molar-refractivity contribution < 1.29 is 9.53 Å². The van der Waals surface area contributed by atoms with Crippen LogP contribution in [0.25, 0.3) is 10.9 Å². The van der Waals surface area contributed by atoms with E-state index < -0.39 is 0 Å². The summed E-state index contributed by atoms with van der Waals surface area (Å²) in [7, 11) is 0. The molecule has 0 unspecified atom stereocenters. The summed E-state index contributed by atoms with van der Waals surface area (Å²) in [5.74, 6) is -0.168. The summed E-state index contributed by atoms with van der Waals surface area (Å²) in [5.41, 5.74) is 2.18. The maximum absolute atomic E-state index is 12.3. The molecule has 0 saturated carbocycles. The molecule has 1 saturated heterocycles. The van der Waals surface area contributed by atoms with E-state index in [0.29, 0.717) is 18.0 Å². The van der Waals surface area contributed by atoms with E-state index in [9.17, 15) is 4.79 Å². The molecule has 1 aliphatic rings. The van der Waals surface area contributed by atoms with Gasteiger partial charge in [0.05, 0.1) is 24.5 Å². The van der Waals surface area contributed by atoms with Crippen LogP contribution >= 0.6 is 0 Å². The number of hydrogen-bond acceptors (Lipinski definition) is 3. The minimum atomic E-state index is -0.168. The van der Waals surface area contributed by atoms with Gasteiger partial charge in [-0.05, 0) is 18.6 Å². The van der Waals surface area contributed by atoms with E-state index in [1.54, 1.807) is 6.20 Å². The number of aromatic amines is 1. The number of fused-ring (bicyclic) bond motifs is 1. The Morgan fingerprint density at radius 1 is 1.41 bits per heavy atom. The molecule has 1 amide bonds. The van der Waals surface area contributed by atoms with E-state index in [1.165, 1.54) is 0 Å². The van der Waals surface area contributed by atoms with Crippen molar-refractivity contribution in [2.45, 2.75) is 12.5 Å². The minimum absolute atomic E-state index is 0.168. The molecule has 3 heterocycles. The Hall–Kier alpha value is -2.60. The molecule has 1 atom stereocenters. The SMILES string of the molecule is O=C(Nc1cnn([C@H]2CCOC2)c1)c1cc2ccccc2[nH]1. The average Bonchev–Trinajstić information content (AvgIpc) is 3.26. The zero-order chi connectivity index (χ0) is 14.9. The van der Waals surface area contributed by atoms with Gasteiger partial charge >= 0.3 is 0 Å². The monoisotopic (exact) mass is 296 g/mol. The van der Waals surface area contributed by atoms with E-state index in [0.717, 1.165) is 23.9 Å². The van der Waals surface area contributed by atoms with Crippen molar-refractivity contribution in [3.63, 3.8) is 0 Å². The molecule has 0 spiro atoms. The van der Waals surface area contributed by atoms with Crippen LogP contribution in [0.3, 0.4) is 0 Å². The Kier molecular flexibility index (Phi) is 3.16. The molecule has 3 aromatic rings. The van der Waals surface area contributed by atoms with Crippen LogP contribution in [0.5, 0.6) is 0 Å². The van der Waals surface area contributed by atoms with E-state index in [-0.39, 0.29) is 11.9 Å². The van der Waals surface area contributed by atoms with Gasteiger partial charge < -0.3 is 15.0 Å². The van der Waals surface area contributed by atoms with Crippen LogP contribution in [-0.2, 0) is 4.74 Å². The molecule has 0 bridgehead atoms. The van der Waals surface area contributed by atoms with Gasteiger partial charge in [0, 0.05) is 23.7 Å². The van der Waals surface area contributed by atoms with Gasteiger partial charge in [0.15, 0.2) is 0 Å². The summed E-state index contributed by atoms with van der Waals surface area (Å²) < 4.78 is 7.21. The van der Waals surface area contributed by atoms with E-state index in [4.69, 9.17) is 4.74 Å². The fraction of sp³-hybridized carbons (Fsp3) is 0.250. The Morgan fingerprint density at radius 3 is 3.14 bits per heavy atom. The Balaban J connectivity index is 1.51. The predicted octanol–water partition coefficient (Wildman–Crippen LogP) is 2.58. The highest BCUT2D eigenvalue weighted by Gasteiger charge is 2.19. The second-order valence-electron chi connectivity index (χ2n) is 5.45. The highest BCUT2D eigenvalue weighted by molar-refractivity contribution is 6.05. The normalized spacial score (nSPS) is 17.9. The van der Waals surface area contributed by atoms with Crippen molar-refractivity contribution >= 4 is 22.5 Å². The van der Waals surface area contributed by atoms with Gasteiger partial charge in [-0.1, -0.05) is 18.2 Å². The topological polar surface area (TPSA) is 71.9 Å². The summed E-state index contributed by atoms with van der Waals surface area (Å²) in [6.45, 7) is 1.44. The van der Waals surface area contributed by atoms with Crippen LogP contribution in [0.15, 0.2) is 42.7 Å². The number of H-pyrrole nitrogens is 1. The van der Waals surface area contributed by atoms with Gasteiger partial charge in [0.1, 0.15) is 5.69 Å². The first-order valence-electron chi connectivity index (χ1n) is 7.30. The molecular formula is C16H16N4O2. The fourth-order valence-corrected chi connectivity index (χ4v) is 2.73. The Bertz CT molecular complexity index is 781. The van der Waals surface area contributed by atoms with E-state index in [2.05, 4.69) is 15.4 Å². The fourth-order valence-electron chi connectivity index (χ4n) is 2.73. The number of nitrogens with one attached hydrogen (secondary N) is 2. The Labute approximate surface area is 127 Å². The zero-order valence-electron chi connectivity index (χ0n) is 12.0. The van der Waals surface area contributed by atoms with Crippen LogP contribution in [-0.4, -0.2) is 33.9 Å². The third-order valence-electron chi connectivity index (χ3n) is 3.91. The lowest BCUT2D eigenvalue weighted by atomic mass is 10.2. The predicted molar refractivity (Wildman–Crippen MR) is 83.0 cm³/mol. The van der Waals surface area contributed by atoms with Crippen molar-refractivity contribution in [2.24, 2.45) is 0 Å². The van der Waals surface area contributed by atoms with Gasteiger partial charge in [-0.25, -0.2) is 0 Å². The molecule has 22 heavy (non-hydrogen) atoms. The molecule has 0 radical (unpaired) electrons. The van der Waals surface area contributed by atoms with Gasteiger partial charge in [0.2, 0.25) is 0 Å². The molecule has 4 rings (SSSR count). The van der Waals surface area contributed by atoms with Crippen LogP contribution < -0.4 is 5.32 Å². The number of para-hydroxylation sites is 1. The number of carbonyl (C=O) groups excluding carboxylic acids is 1. The van der Waals surface area contributed by atoms with Crippen molar-refractivity contribution in [1.82, 2.24) is 14.8 Å². The van der Waals surface area contributed by atoms with Crippen LogP contribution in [0, 0.1) is 0 Å². The first-order chi connectivity index (χ1) is 10.8. The maximum atomic E-state index is 12.3. The maximum Gasteiger partial charge on any atom is 0.272 e. The molecule has 0 aliphatic carbocycles. The van der Waals surface area contributed by atoms with Gasteiger partial charge in [-0.3, -0.25) is 9.48 Å². The largest absolute Gasteiger partial charge is 0.379 e. The zero-order valence-corrected chi connectivity index (χ0v) is 12.0. The number of aromatic nitrogens is 3. The smallest absolute Gasteiger partial charge is 0.272 e. The number of rotatable bonds is 3. The average molecular weight is 296 g/mol. The van der Waals surface area contributed by atoms with Gasteiger partial charge in [0.25, 0.3) is 5.91 Å². The second-order valence-corrected chi connectivity index (χ2v) is 5.45. The van der Waals surface area contributed by atoms with Crippen LogP contribution in [0.4, 0.5) is 5.69 Å². The molecule has 1 fully saturated rings. The van der Waals surface area contributed by atoms with Crippen molar-refractivity contribution in [3.8, 4) is 0 Å².